The van der Waals surface area contributed by atoms with Crippen LogP contribution >= 0.6 is 0 Å². The maximum absolute atomic E-state index is 12.8. The predicted molar refractivity (Wildman–Crippen MR) is 255 cm³/mol. The Bertz CT molecular complexity index is 1200. The van der Waals surface area contributed by atoms with E-state index in [-0.39, 0.29) is 12.4 Å². The van der Waals surface area contributed by atoms with Crippen LogP contribution < -0.4 is 0 Å². The lowest BCUT2D eigenvalue weighted by atomic mass is 10.2. The van der Waals surface area contributed by atoms with Crippen molar-refractivity contribution in [3.63, 3.8) is 0 Å². The van der Waals surface area contributed by atoms with E-state index in [2.05, 4.69) is 10.0 Å². The van der Waals surface area contributed by atoms with Crippen LogP contribution in [0.2, 0.25) is 0 Å². The van der Waals surface area contributed by atoms with Gasteiger partial charge in [-0.2, -0.15) is 0 Å². The van der Waals surface area contributed by atoms with E-state index in [0.717, 1.165) is 0 Å². The van der Waals surface area contributed by atoms with Gasteiger partial charge in [-0.3, -0.25) is 4.79 Å². The summed E-state index contributed by atoms with van der Waals surface area (Å²) in [5.41, 5.74) is 7.06. The van der Waals surface area contributed by atoms with Gasteiger partial charge in [-0.15, -0.1) is 0 Å². The van der Waals surface area contributed by atoms with Gasteiger partial charge in [0.2, 0.25) is 0 Å². The summed E-state index contributed by atoms with van der Waals surface area (Å²) < 4.78 is 98.7. The van der Waals surface area contributed by atoms with Crippen LogP contribution in [0.1, 0.15) is 48.0 Å². The molecule has 0 aliphatic carbocycles. The molecule has 0 saturated carbocycles. The number of carbonyl (C=O) groups excluding carboxylic acids is 2. The molecule has 70 heavy (non-hydrogen) atoms. The molecule has 0 spiro atoms. The minimum absolute atomic E-state index is 0.217. The molecule has 0 aliphatic heterocycles. The first-order chi connectivity index (χ1) is 33.9. The molecule has 0 heterocycles. The quantitative estimate of drug-likeness (QED) is 0.0278. The number of rotatable bonds is 54. The molecule has 0 atom stereocenters. The fourth-order valence-corrected chi connectivity index (χ4v) is 4.95. The van der Waals surface area contributed by atoms with Crippen LogP contribution in [0.25, 0.3) is 10.4 Å². The lowest BCUT2D eigenvalue weighted by molar-refractivity contribution is -0.156. The van der Waals surface area contributed by atoms with Crippen molar-refractivity contribution in [1.29, 1.82) is 0 Å². The molecule has 0 N–H and O–H groups in total. The molecule has 1 amide bonds. The zero-order valence-corrected chi connectivity index (χ0v) is 43.4. The molecule has 0 aliphatic rings. The molecule has 0 aromatic heterocycles. The molecule has 414 valence electrons. The highest BCUT2D eigenvalue weighted by Gasteiger charge is 2.22. The average molecular weight is 1020 g/mol. The smallest absolute Gasteiger partial charge is 0.410 e. The van der Waals surface area contributed by atoms with E-state index in [1.54, 1.807) is 4.90 Å². The number of nitrogens with zero attached hydrogens (tertiary/aromatic N) is 4. The van der Waals surface area contributed by atoms with Crippen LogP contribution in [0.5, 0.6) is 0 Å². The Morgan fingerprint density at radius 1 is 0.357 bits per heavy atom. The Hall–Kier alpha value is -2.59. The number of carbonyl (C=O) groups is 2. The normalized spacial score (nSPS) is 11.8. The molecular formula is C46H90N4O20. The predicted octanol–water partition coefficient (Wildman–Crippen LogP) is 3.53. The van der Waals surface area contributed by atoms with Crippen molar-refractivity contribution >= 4 is 12.1 Å². The van der Waals surface area contributed by atoms with Gasteiger partial charge in [0.1, 0.15) is 11.2 Å². The topological polar surface area (TPSA) is 252 Å². The van der Waals surface area contributed by atoms with Gasteiger partial charge >= 0.3 is 12.1 Å². The summed E-state index contributed by atoms with van der Waals surface area (Å²) in [6, 6.07) is 0. The fourth-order valence-electron chi connectivity index (χ4n) is 4.95. The lowest BCUT2D eigenvalue weighted by Crippen LogP contribution is -2.40. The molecule has 0 bridgehead atoms. The molecule has 0 rings (SSSR count). The van der Waals surface area contributed by atoms with Crippen LogP contribution in [0.4, 0.5) is 4.79 Å². The second kappa shape index (κ2) is 51.3. The lowest BCUT2D eigenvalue weighted by Gasteiger charge is -2.27. The standard InChI is InChI=1S/C46H90N4O20/c1-45(2,3)69-43(51)7-11-53-15-19-57-23-27-61-31-35-65-39-41-67-37-33-63-29-25-59-21-17-55-13-9-50(44(52)70-46(4,5)6)10-14-56-18-22-60-26-30-64-34-38-68-42-40-66-36-32-62-28-24-58-20-16-54-12-8-48-49-47/h7-42H2,1-6H3. The monoisotopic (exact) mass is 1020 g/mol. The van der Waals surface area contributed by atoms with E-state index in [1.807, 2.05) is 41.5 Å². The van der Waals surface area contributed by atoms with E-state index in [1.165, 1.54) is 0 Å². The molecule has 0 fully saturated rings. The summed E-state index contributed by atoms with van der Waals surface area (Å²) >= 11 is 0. The Morgan fingerprint density at radius 2 is 0.586 bits per heavy atom. The molecule has 0 saturated heterocycles. The van der Waals surface area contributed by atoms with Gasteiger partial charge in [-0.1, -0.05) is 5.11 Å². The maximum atomic E-state index is 12.8. The first-order valence-corrected chi connectivity index (χ1v) is 24.4. The Morgan fingerprint density at radius 3 is 0.829 bits per heavy atom. The van der Waals surface area contributed by atoms with Crippen molar-refractivity contribution in [3.8, 4) is 0 Å². The number of hydrogen-bond acceptors (Lipinski definition) is 21. The minimum atomic E-state index is -0.632. The number of esters is 1. The van der Waals surface area contributed by atoms with Gasteiger partial charge in [0.05, 0.1) is 218 Å². The van der Waals surface area contributed by atoms with Crippen LogP contribution in [0, 0.1) is 0 Å². The van der Waals surface area contributed by atoms with Crippen molar-refractivity contribution in [2.24, 2.45) is 5.11 Å². The van der Waals surface area contributed by atoms with E-state index in [4.69, 9.17) is 90.8 Å². The summed E-state index contributed by atoms with van der Waals surface area (Å²) in [7, 11) is 0. The van der Waals surface area contributed by atoms with Gasteiger partial charge < -0.3 is 90.2 Å². The van der Waals surface area contributed by atoms with Gasteiger partial charge in [-0.25, -0.2) is 4.79 Å². The largest absolute Gasteiger partial charge is 0.460 e. The molecule has 0 aromatic carbocycles. The maximum Gasteiger partial charge on any atom is 0.410 e. The van der Waals surface area contributed by atoms with Crippen molar-refractivity contribution in [2.45, 2.75) is 59.2 Å². The van der Waals surface area contributed by atoms with E-state index in [0.29, 0.717) is 231 Å². The SMILES string of the molecule is CC(C)(C)OC(=O)CCOCCOCCOCCOCCOCCOCCOCCOCCN(CCOCCOCCOCCOCCOCCOCCOCCOCCN=[N+]=[N-])C(=O)OC(C)(C)C. The van der Waals surface area contributed by atoms with Gasteiger partial charge in [0.25, 0.3) is 0 Å². The molecule has 0 unspecified atom stereocenters. The van der Waals surface area contributed by atoms with Crippen molar-refractivity contribution in [1.82, 2.24) is 4.90 Å². The third-order valence-electron chi connectivity index (χ3n) is 8.14. The second-order valence-corrected chi connectivity index (χ2v) is 16.6. The van der Waals surface area contributed by atoms with Crippen LogP contribution in [0.3, 0.4) is 0 Å². The van der Waals surface area contributed by atoms with Crippen LogP contribution in [-0.2, 0) is 90.1 Å². The molecule has 0 radical (unpaired) electrons. The number of ether oxygens (including phenoxy) is 18. The highest BCUT2D eigenvalue weighted by atomic mass is 16.6. The van der Waals surface area contributed by atoms with E-state index >= 15 is 0 Å². The Labute approximate surface area is 416 Å². The molecule has 24 nitrogen and oxygen atoms in total. The first kappa shape index (κ1) is 67.4. The Kier molecular flexibility index (Phi) is 49.4. The summed E-state index contributed by atoms with van der Waals surface area (Å²) in [5.74, 6) is -0.277. The van der Waals surface area contributed by atoms with E-state index in [9.17, 15) is 9.59 Å². The molecule has 0 aromatic rings. The number of azide groups is 1. The van der Waals surface area contributed by atoms with Gasteiger partial charge in [-0.05, 0) is 47.1 Å². The van der Waals surface area contributed by atoms with Crippen LogP contribution in [0.15, 0.2) is 5.11 Å². The summed E-state index contributed by atoms with van der Waals surface area (Å²) in [4.78, 5) is 28.6. The number of hydrogen-bond donors (Lipinski definition) is 0. The Balaban J connectivity index is 3.59. The zero-order chi connectivity index (χ0) is 51.3. The third-order valence-corrected chi connectivity index (χ3v) is 8.14. The van der Waals surface area contributed by atoms with Crippen molar-refractivity contribution in [3.05, 3.63) is 10.4 Å². The third kappa shape index (κ3) is 56.3. The van der Waals surface area contributed by atoms with Gasteiger partial charge in [0.15, 0.2) is 0 Å². The molecular weight excluding hydrogens is 929 g/mol. The highest BCUT2D eigenvalue weighted by molar-refractivity contribution is 5.70. The summed E-state index contributed by atoms with van der Waals surface area (Å²) in [5, 5.41) is 3.38. The summed E-state index contributed by atoms with van der Waals surface area (Å²) in [6.07, 6.45) is -0.217. The second-order valence-electron chi connectivity index (χ2n) is 16.6. The van der Waals surface area contributed by atoms with Gasteiger partial charge in [0, 0.05) is 24.5 Å². The molecule has 24 heteroatoms. The van der Waals surface area contributed by atoms with Crippen molar-refractivity contribution < 1.29 is 94.9 Å². The van der Waals surface area contributed by atoms with E-state index < -0.39 is 17.3 Å². The first-order valence-electron chi connectivity index (χ1n) is 24.4. The average Bonchev–Trinajstić information content (AvgIpc) is 3.30. The highest BCUT2D eigenvalue weighted by Crippen LogP contribution is 2.10. The fraction of sp³-hybridized carbons (Fsp3) is 0.957. The van der Waals surface area contributed by atoms with Crippen molar-refractivity contribution in [2.75, 3.05) is 231 Å². The summed E-state index contributed by atoms with van der Waals surface area (Å²) in [6.45, 7) is 25.6. The minimum Gasteiger partial charge on any atom is -0.460 e. The number of amides is 1. The zero-order valence-electron chi connectivity index (χ0n) is 43.4. The van der Waals surface area contributed by atoms with Crippen LogP contribution in [-0.4, -0.2) is 259 Å².